The number of hydrogen-bond acceptors (Lipinski definition) is 3. The topological polar surface area (TPSA) is 55.8 Å². The first-order valence-electron chi connectivity index (χ1n) is 6.94. The van der Waals surface area contributed by atoms with Crippen molar-refractivity contribution in [3.8, 4) is 11.5 Å². The highest BCUT2D eigenvalue weighted by Gasteiger charge is 2.26. The number of carboxylic acid groups (broad SMARTS) is 1. The summed E-state index contributed by atoms with van der Waals surface area (Å²) in [5.41, 5.74) is 0.487. The third-order valence-corrected chi connectivity index (χ3v) is 3.42. The smallest absolute Gasteiger partial charge is 0.309 e. The minimum atomic E-state index is -0.776. The molecule has 1 aromatic carbocycles. The summed E-state index contributed by atoms with van der Waals surface area (Å²) in [6.07, 6.45) is 2.22. The molecule has 0 spiro atoms. The van der Waals surface area contributed by atoms with Crippen molar-refractivity contribution in [1.82, 2.24) is 0 Å². The Morgan fingerprint density at radius 1 is 1.30 bits per heavy atom. The summed E-state index contributed by atoms with van der Waals surface area (Å²) >= 11 is 0. The van der Waals surface area contributed by atoms with Gasteiger partial charge in [0.25, 0.3) is 0 Å². The van der Waals surface area contributed by atoms with Gasteiger partial charge in [-0.25, -0.2) is 0 Å². The SMILES string of the molecule is CCc1ccc(OCCCC(C)(C)C(=O)O)c(OC)c1. The minimum absolute atomic E-state index is 0.485. The van der Waals surface area contributed by atoms with Crippen LogP contribution in [0.3, 0.4) is 0 Å². The van der Waals surface area contributed by atoms with Crippen LogP contribution in [-0.2, 0) is 11.2 Å². The lowest BCUT2D eigenvalue weighted by Gasteiger charge is -2.19. The summed E-state index contributed by atoms with van der Waals surface area (Å²) in [6.45, 7) is 6.03. The third kappa shape index (κ3) is 4.44. The number of rotatable bonds is 8. The monoisotopic (exact) mass is 280 g/mol. The maximum absolute atomic E-state index is 11.0. The van der Waals surface area contributed by atoms with Gasteiger partial charge in [0.05, 0.1) is 19.1 Å². The van der Waals surface area contributed by atoms with E-state index < -0.39 is 11.4 Å². The van der Waals surface area contributed by atoms with Gasteiger partial charge in [0.15, 0.2) is 11.5 Å². The lowest BCUT2D eigenvalue weighted by atomic mass is 9.88. The molecule has 1 aromatic rings. The number of methoxy groups -OCH3 is 1. The van der Waals surface area contributed by atoms with E-state index in [1.165, 1.54) is 5.56 Å². The van der Waals surface area contributed by atoms with Crippen molar-refractivity contribution in [3.63, 3.8) is 0 Å². The van der Waals surface area contributed by atoms with Crippen molar-refractivity contribution >= 4 is 5.97 Å². The minimum Gasteiger partial charge on any atom is -0.493 e. The molecule has 0 amide bonds. The van der Waals surface area contributed by atoms with E-state index in [4.69, 9.17) is 14.6 Å². The standard InChI is InChI=1S/C16H24O4/c1-5-12-7-8-13(14(11-12)19-4)20-10-6-9-16(2,3)15(17)18/h7-8,11H,5-6,9-10H2,1-4H3,(H,17,18). The number of benzene rings is 1. The van der Waals surface area contributed by atoms with Crippen LogP contribution in [-0.4, -0.2) is 24.8 Å². The van der Waals surface area contributed by atoms with Gasteiger partial charge in [0.2, 0.25) is 0 Å². The molecule has 4 nitrogen and oxygen atoms in total. The fourth-order valence-corrected chi connectivity index (χ4v) is 1.85. The molecular formula is C16H24O4. The summed E-state index contributed by atoms with van der Waals surface area (Å²) in [4.78, 5) is 11.0. The fraction of sp³-hybridized carbons (Fsp3) is 0.562. The first kappa shape index (κ1) is 16.3. The quantitative estimate of drug-likeness (QED) is 0.740. The van der Waals surface area contributed by atoms with Crippen LogP contribution in [0, 0.1) is 5.41 Å². The summed E-state index contributed by atoms with van der Waals surface area (Å²) in [6, 6.07) is 5.88. The zero-order valence-corrected chi connectivity index (χ0v) is 12.7. The highest BCUT2D eigenvalue weighted by molar-refractivity contribution is 5.73. The van der Waals surface area contributed by atoms with E-state index in [2.05, 4.69) is 6.92 Å². The van der Waals surface area contributed by atoms with E-state index in [-0.39, 0.29) is 0 Å². The predicted octanol–water partition coefficient (Wildman–Crippen LogP) is 3.53. The maximum Gasteiger partial charge on any atom is 0.309 e. The average molecular weight is 280 g/mol. The van der Waals surface area contributed by atoms with Crippen LogP contribution in [0.1, 0.15) is 39.2 Å². The van der Waals surface area contributed by atoms with Crippen molar-refractivity contribution in [2.45, 2.75) is 40.0 Å². The second kappa shape index (κ2) is 7.17. The summed E-state index contributed by atoms with van der Waals surface area (Å²) in [7, 11) is 1.62. The number of aryl methyl sites for hydroxylation is 1. The molecule has 0 aliphatic rings. The van der Waals surface area contributed by atoms with E-state index in [0.717, 1.165) is 12.2 Å². The van der Waals surface area contributed by atoms with Crippen LogP contribution in [0.4, 0.5) is 0 Å². The van der Waals surface area contributed by atoms with Crippen molar-refractivity contribution in [3.05, 3.63) is 23.8 Å². The Kier molecular flexibility index (Phi) is 5.86. The molecule has 0 bridgehead atoms. The highest BCUT2D eigenvalue weighted by Crippen LogP contribution is 2.29. The van der Waals surface area contributed by atoms with Gasteiger partial charge in [-0.05, 0) is 50.8 Å². The lowest BCUT2D eigenvalue weighted by molar-refractivity contribution is -0.147. The molecule has 1 rings (SSSR count). The zero-order chi connectivity index (χ0) is 15.2. The highest BCUT2D eigenvalue weighted by atomic mass is 16.5. The first-order valence-corrected chi connectivity index (χ1v) is 6.94. The van der Waals surface area contributed by atoms with Gasteiger partial charge in [0.1, 0.15) is 0 Å². The zero-order valence-electron chi connectivity index (χ0n) is 12.7. The first-order chi connectivity index (χ1) is 9.40. The van der Waals surface area contributed by atoms with E-state index in [0.29, 0.717) is 25.2 Å². The van der Waals surface area contributed by atoms with Crippen molar-refractivity contribution in [2.75, 3.05) is 13.7 Å². The molecule has 0 atom stereocenters. The molecule has 0 heterocycles. The predicted molar refractivity (Wildman–Crippen MR) is 78.5 cm³/mol. The van der Waals surface area contributed by atoms with Crippen LogP contribution in [0.15, 0.2) is 18.2 Å². The molecule has 4 heteroatoms. The van der Waals surface area contributed by atoms with E-state index >= 15 is 0 Å². The van der Waals surface area contributed by atoms with E-state index in [1.54, 1.807) is 21.0 Å². The number of aliphatic carboxylic acids is 1. The van der Waals surface area contributed by atoms with E-state index in [1.807, 2.05) is 18.2 Å². The van der Waals surface area contributed by atoms with Crippen LogP contribution in [0.25, 0.3) is 0 Å². The van der Waals surface area contributed by atoms with Gasteiger partial charge in [-0.15, -0.1) is 0 Å². The summed E-state index contributed by atoms with van der Waals surface area (Å²) < 4.78 is 11.0. The molecule has 112 valence electrons. The molecule has 0 saturated carbocycles. The molecule has 0 radical (unpaired) electrons. The Labute approximate surface area is 120 Å². The van der Waals surface area contributed by atoms with Crippen LogP contribution in [0.2, 0.25) is 0 Å². The molecule has 0 aliphatic heterocycles. The van der Waals surface area contributed by atoms with Gasteiger partial charge in [0, 0.05) is 0 Å². The second-order valence-corrected chi connectivity index (χ2v) is 5.48. The van der Waals surface area contributed by atoms with E-state index in [9.17, 15) is 4.79 Å². The molecule has 0 aliphatic carbocycles. The molecule has 1 N–H and O–H groups in total. The third-order valence-electron chi connectivity index (χ3n) is 3.42. The largest absolute Gasteiger partial charge is 0.493 e. The molecule has 0 unspecified atom stereocenters. The Hall–Kier alpha value is -1.71. The maximum atomic E-state index is 11.0. The molecule has 0 fully saturated rings. The number of carboxylic acids is 1. The van der Waals surface area contributed by atoms with Gasteiger partial charge >= 0.3 is 5.97 Å². The van der Waals surface area contributed by atoms with Crippen molar-refractivity contribution in [2.24, 2.45) is 5.41 Å². The second-order valence-electron chi connectivity index (χ2n) is 5.48. The molecule has 20 heavy (non-hydrogen) atoms. The Morgan fingerprint density at radius 3 is 2.55 bits per heavy atom. The Balaban J connectivity index is 2.52. The average Bonchev–Trinajstić information content (AvgIpc) is 2.43. The summed E-state index contributed by atoms with van der Waals surface area (Å²) in [5.74, 6) is 0.655. The normalized spacial score (nSPS) is 11.2. The fourth-order valence-electron chi connectivity index (χ4n) is 1.85. The van der Waals surface area contributed by atoms with Crippen molar-refractivity contribution < 1.29 is 19.4 Å². The van der Waals surface area contributed by atoms with Gasteiger partial charge in [-0.3, -0.25) is 4.79 Å². The van der Waals surface area contributed by atoms with Gasteiger partial charge in [-0.2, -0.15) is 0 Å². The van der Waals surface area contributed by atoms with Crippen LogP contribution < -0.4 is 9.47 Å². The molecule has 0 saturated heterocycles. The Morgan fingerprint density at radius 2 is 2.00 bits per heavy atom. The number of ether oxygens (including phenoxy) is 2. The van der Waals surface area contributed by atoms with Crippen LogP contribution >= 0.6 is 0 Å². The summed E-state index contributed by atoms with van der Waals surface area (Å²) in [5, 5.41) is 9.04. The lowest BCUT2D eigenvalue weighted by Crippen LogP contribution is -2.24. The van der Waals surface area contributed by atoms with Gasteiger partial charge < -0.3 is 14.6 Å². The number of hydrogen-bond donors (Lipinski definition) is 1. The van der Waals surface area contributed by atoms with Crippen molar-refractivity contribution in [1.29, 1.82) is 0 Å². The Bertz CT molecular complexity index is 452. The van der Waals surface area contributed by atoms with Crippen LogP contribution in [0.5, 0.6) is 11.5 Å². The molecule has 0 aromatic heterocycles. The number of carbonyl (C=O) groups is 1. The van der Waals surface area contributed by atoms with Gasteiger partial charge in [-0.1, -0.05) is 13.0 Å². The molecular weight excluding hydrogens is 256 g/mol.